The molecular formula is C13H7Cl2N3OS. The Kier molecular flexibility index (Phi) is 3.56. The van der Waals surface area contributed by atoms with Crippen LogP contribution in [0, 0.1) is 0 Å². The summed E-state index contributed by atoms with van der Waals surface area (Å²) in [5.74, 6) is 0.0172. The molecule has 2 heterocycles. The van der Waals surface area contributed by atoms with Gasteiger partial charge in [0.05, 0.1) is 5.56 Å². The average molecular weight is 324 g/mol. The SMILES string of the molecule is O=C(Nc1cc(Cl)nc(Cl)n1)c1csc2ccccc12. The minimum Gasteiger partial charge on any atom is -0.306 e. The first-order chi connectivity index (χ1) is 9.63. The molecule has 1 amide bonds. The molecule has 0 atom stereocenters. The van der Waals surface area contributed by atoms with Crippen LogP contribution in [0.1, 0.15) is 10.4 Å². The van der Waals surface area contributed by atoms with Crippen LogP contribution in [-0.2, 0) is 0 Å². The highest BCUT2D eigenvalue weighted by Gasteiger charge is 2.13. The van der Waals surface area contributed by atoms with Gasteiger partial charge in [-0.05, 0) is 17.7 Å². The number of hydrogen-bond donors (Lipinski definition) is 1. The molecule has 0 bridgehead atoms. The fourth-order valence-corrected chi connectivity index (χ4v) is 3.14. The zero-order chi connectivity index (χ0) is 14.1. The van der Waals surface area contributed by atoms with E-state index in [1.54, 1.807) is 0 Å². The number of nitrogens with zero attached hydrogens (tertiary/aromatic N) is 2. The Morgan fingerprint density at radius 2 is 2.00 bits per heavy atom. The number of benzene rings is 1. The molecule has 1 aromatic carbocycles. The second-order valence-electron chi connectivity index (χ2n) is 3.94. The first-order valence-electron chi connectivity index (χ1n) is 5.61. The topological polar surface area (TPSA) is 54.9 Å². The first-order valence-corrected chi connectivity index (χ1v) is 7.25. The standard InChI is InChI=1S/C13H7Cl2N3OS/c14-10-5-11(18-13(15)16-10)17-12(19)8-6-20-9-4-2-1-3-7(8)9/h1-6H,(H,16,17,18,19). The summed E-state index contributed by atoms with van der Waals surface area (Å²) in [6.07, 6.45) is 0. The summed E-state index contributed by atoms with van der Waals surface area (Å²) in [5, 5.41) is 5.54. The number of aromatic nitrogens is 2. The van der Waals surface area contributed by atoms with Crippen molar-refractivity contribution >= 4 is 56.3 Å². The fraction of sp³-hybridized carbons (Fsp3) is 0. The smallest absolute Gasteiger partial charge is 0.258 e. The normalized spacial score (nSPS) is 10.7. The van der Waals surface area contributed by atoms with Crippen LogP contribution >= 0.6 is 34.5 Å². The molecule has 0 aliphatic rings. The number of halogens is 2. The molecule has 0 spiro atoms. The van der Waals surface area contributed by atoms with Gasteiger partial charge >= 0.3 is 0 Å². The largest absolute Gasteiger partial charge is 0.306 e. The van der Waals surface area contributed by atoms with Gasteiger partial charge in [-0.3, -0.25) is 4.79 Å². The quantitative estimate of drug-likeness (QED) is 0.566. The predicted molar refractivity (Wildman–Crippen MR) is 81.8 cm³/mol. The van der Waals surface area contributed by atoms with E-state index >= 15 is 0 Å². The van der Waals surface area contributed by atoms with E-state index in [0.717, 1.165) is 10.1 Å². The van der Waals surface area contributed by atoms with Gasteiger partial charge in [0.25, 0.3) is 5.91 Å². The van der Waals surface area contributed by atoms with E-state index in [-0.39, 0.29) is 22.2 Å². The highest BCUT2D eigenvalue weighted by molar-refractivity contribution is 7.17. The summed E-state index contributed by atoms with van der Waals surface area (Å²) >= 11 is 13.0. The third-order valence-electron chi connectivity index (χ3n) is 2.63. The van der Waals surface area contributed by atoms with E-state index in [1.807, 2.05) is 29.6 Å². The molecule has 100 valence electrons. The molecule has 2 aromatic heterocycles. The lowest BCUT2D eigenvalue weighted by Crippen LogP contribution is -2.12. The highest BCUT2D eigenvalue weighted by Crippen LogP contribution is 2.26. The zero-order valence-corrected chi connectivity index (χ0v) is 12.3. The molecule has 0 saturated heterocycles. The minimum atomic E-state index is -0.256. The summed E-state index contributed by atoms with van der Waals surface area (Å²) in [6.45, 7) is 0. The summed E-state index contributed by atoms with van der Waals surface area (Å²) in [6, 6.07) is 9.14. The third kappa shape index (κ3) is 2.60. The number of fused-ring (bicyclic) bond motifs is 1. The van der Waals surface area contributed by atoms with Crippen molar-refractivity contribution in [2.75, 3.05) is 5.32 Å². The fourth-order valence-electron chi connectivity index (χ4n) is 1.79. The predicted octanol–water partition coefficient (Wildman–Crippen LogP) is 4.25. The van der Waals surface area contributed by atoms with Crippen molar-refractivity contribution in [1.82, 2.24) is 9.97 Å². The molecule has 0 aliphatic carbocycles. The molecule has 3 rings (SSSR count). The van der Waals surface area contributed by atoms with Gasteiger partial charge in [-0.1, -0.05) is 29.8 Å². The number of thiophene rings is 1. The minimum absolute atomic E-state index is 0.0111. The van der Waals surface area contributed by atoms with Gasteiger partial charge < -0.3 is 5.32 Å². The number of nitrogens with one attached hydrogen (secondary N) is 1. The average Bonchev–Trinajstić information content (AvgIpc) is 2.81. The van der Waals surface area contributed by atoms with Crippen LogP contribution in [0.25, 0.3) is 10.1 Å². The lowest BCUT2D eigenvalue weighted by molar-refractivity contribution is 0.102. The second-order valence-corrected chi connectivity index (χ2v) is 5.58. The summed E-state index contributed by atoms with van der Waals surface area (Å²) in [7, 11) is 0. The van der Waals surface area contributed by atoms with Crippen molar-refractivity contribution in [3.63, 3.8) is 0 Å². The molecule has 20 heavy (non-hydrogen) atoms. The number of hydrogen-bond acceptors (Lipinski definition) is 4. The van der Waals surface area contributed by atoms with Crippen molar-refractivity contribution < 1.29 is 4.79 Å². The lowest BCUT2D eigenvalue weighted by Gasteiger charge is -2.04. The van der Waals surface area contributed by atoms with Gasteiger partial charge in [0.2, 0.25) is 5.28 Å². The van der Waals surface area contributed by atoms with Gasteiger partial charge in [-0.2, -0.15) is 0 Å². The summed E-state index contributed by atoms with van der Waals surface area (Å²) in [5.41, 5.74) is 0.594. The van der Waals surface area contributed by atoms with Gasteiger partial charge in [-0.25, -0.2) is 9.97 Å². The Labute approximate surface area is 128 Å². The maximum Gasteiger partial charge on any atom is 0.258 e. The zero-order valence-electron chi connectivity index (χ0n) is 9.93. The molecule has 4 nitrogen and oxygen atoms in total. The maximum absolute atomic E-state index is 12.3. The van der Waals surface area contributed by atoms with Crippen LogP contribution in [0.2, 0.25) is 10.4 Å². The molecule has 0 aliphatic heterocycles. The first kappa shape index (κ1) is 13.3. The van der Waals surface area contributed by atoms with E-state index in [2.05, 4.69) is 15.3 Å². The molecular weight excluding hydrogens is 317 g/mol. The molecule has 0 unspecified atom stereocenters. The molecule has 7 heteroatoms. The Morgan fingerprint density at radius 3 is 2.80 bits per heavy atom. The van der Waals surface area contributed by atoms with E-state index < -0.39 is 0 Å². The van der Waals surface area contributed by atoms with Crippen LogP contribution in [0.3, 0.4) is 0 Å². The summed E-state index contributed by atoms with van der Waals surface area (Å²) < 4.78 is 1.05. The van der Waals surface area contributed by atoms with Gasteiger partial charge in [0, 0.05) is 21.5 Å². The van der Waals surface area contributed by atoms with Crippen LogP contribution in [0.4, 0.5) is 5.82 Å². The van der Waals surface area contributed by atoms with Gasteiger partial charge in [0.15, 0.2) is 0 Å². The Bertz CT molecular complexity index is 783. The van der Waals surface area contributed by atoms with Gasteiger partial charge in [-0.15, -0.1) is 11.3 Å². The highest BCUT2D eigenvalue weighted by atomic mass is 35.5. The number of carbonyl (C=O) groups excluding carboxylic acids is 1. The molecule has 1 N–H and O–H groups in total. The Morgan fingerprint density at radius 1 is 1.20 bits per heavy atom. The van der Waals surface area contributed by atoms with E-state index in [9.17, 15) is 4.79 Å². The van der Waals surface area contributed by atoms with Crippen molar-refractivity contribution in [3.8, 4) is 0 Å². The van der Waals surface area contributed by atoms with Crippen LogP contribution in [-0.4, -0.2) is 15.9 Å². The molecule has 0 radical (unpaired) electrons. The second kappa shape index (κ2) is 5.36. The Balaban J connectivity index is 1.93. The van der Waals surface area contributed by atoms with Crippen molar-refractivity contribution in [2.24, 2.45) is 0 Å². The van der Waals surface area contributed by atoms with E-state index in [1.165, 1.54) is 17.4 Å². The molecule has 0 saturated carbocycles. The Hall–Kier alpha value is -1.69. The number of anilines is 1. The van der Waals surface area contributed by atoms with Crippen molar-refractivity contribution in [1.29, 1.82) is 0 Å². The molecule has 3 aromatic rings. The van der Waals surface area contributed by atoms with Crippen LogP contribution in [0.15, 0.2) is 35.7 Å². The van der Waals surface area contributed by atoms with E-state index in [0.29, 0.717) is 5.56 Å². The monoisotopic (exact) mass is 323 g/mol. The summed E-state index contributed by atoms with van der Waals surface area (Å²) in [4.78, 5) is 19.9. The van der Waals surface area contributed by atoms with E-state index in [4.69, 9.17) is 23.2 Å². The van der Waals surface area contributed by atoms with Crippen LogP contribution in [0.5, 0.6) is 0 Å². The lowest BCUT2D eigenvalue weighted by atomic mass is 10.1. The maximum atomic E-state index is 12.3. The molecule has 0 fully saturated rings. The number of carbonyl (C=O) groups is 1. The van der Waals surface area contributed by atoms with Crippen molar-refractivity contribution in [3.05, 3.63) is 51.7 Å². The number of rotatable bonds is 2. The third-order valence-corrected chi connectivity index (χ3v) is 3.96. The number of amides is 1. The van der Waals surface area contributed by atoms with Crippen LogP contribution < -0.4 is 5.32 Å². The van der Waals surface area contributed by atoms with Crippen molar-refractivity contribution in [2.45, 2.75) is 0 Å². The van der Waals surface area contributed by atoms with Gasteiger partial charge in [0.1, 0.15) is 11.0 Å².